The maximum atomic E-state index is 12.7. The summed E-state index contributed by atoms with van der Waals surface area (Å²) in [6.07, 6.45) is 2.27. The molecule has 5 heteroatoms. The normalized spacial score (nSPS) is 18.0. The molecule has 1 amide bonds. The molecule has 0 unspecified atom stereocenters. The zero-order valence-corrected chi connectivity index (χ0v) is 15.6. The van der Waals surface area contributed by atoms with Gasteiger partial charge in [-0.2, -0.15) is 0 Å². The fourth-order valence-electron chi connectivity index (χ4n) is 3.66. The van der Waals surface area contributed by atoms with Crippen molar-refractivity contribution in [3.8, 4) is 10.4 Å². The summed E-state index contributed by atoms with van der Waals surface area (Å²) in [5, 5.41) is 3.39. The van der Waals surface area contributed by atoms with Gasteiger partial charge in [0, 0.05) is 49.8 Å². The lowest BCUT2D eigenvalue weighted by Gasteiger charge is -2.29. The number of amides is 1. The summed E-state index contributed by atoms with van der Waals surface area (Å²) in [7, 11) is 0. The number of aryl methyl sites for hydroxylation is 1. The largest absolute Gasteiger partial charge is 0.369 e. The molecule has 0 atom stereocenters. The number of benzene rings is 1. The smallest absolute Gasteiger partial charge is 0.264 e. The Hall–Kier alpha value is -1.85. The molecular formula is C20H25N3OS. The summed E-state index contributed by atoms with van der Waals surface area (Å²) < 4.78 is 0. The molecule has 2 aromatic rings. The summed E-state index contributed by atoms with van der Waals surface area (Å²) in [6, 6.07) is 10.9. The van der Waals surface area contributed by atoms with E-state index in [1.807, 2.05) is 4.90 Å². The van der Waals surface area contributed by atoms with Crippen molar-refractivity contribution in [2.45, 2.75) is 19.8 Å². The number of carbonyl (C=O) groups excluding carboxylic acids is 1. The molecule has 4 rings (SSSR count). The van der Waals surface area contributed by atoms with E-state index in [1.165, 1.54) is 16.1 Å². The summed E-state index contributed by atoms with van der Waals surface area (Å²) in [6.45, 7) is 8.09. The van der Waals surface area contributed by atoms with E-state index in [4.69, 9.17) is 0 Å². The molecule has 25 heavy (non-hydrogen) atoms. The topological polar surface area (TPSA) is 35.6 Å². The highest BCUT2D eigenvalue weighted by atomic mass is 32.1. The third kappa shape index (κ3) is 3.44. The number of anilines is 1. The monoisotopic (exact) mass is 355 g/mol. The lowest BCUT2D eigenvalue weighted by Crippen LogP contribution is -2.43. The molecule has 2 aliphatic heterocycles. The molecule has 2 aliphatic rings. The molecule has 0 saturated carbocycles. The van der Waals surface area contributed by atoms with Crippen LogP contribution in [0.25, 0.3) is 10.4 Å². The zero-order valence-electron chi connectivity index (χ0n) is 14.8. The molecule has 0 spiro atoms. The predicted octanol–water partition coefficient (Wildman–Crippen LogP) is 3.37. The van der Waals surface area contributed by atoms with Crippen LogP contribution in [0.15, 0.2) is 30.3 Å². The molecule has 2 fully saturated rings. The second-order valence-corrected chi connectivity index (χ2v) is 7.96. The molecule has 132 valence electrons. The van der Waals surface area contributed by atoms with Gasteiger partial charge in [-0.3, -0.25) is 4.79 Å². The maximum absolute atomic E-state index is 12.7. The number of hydrogen-bond donors (Lipinski definition) is 1. The molecule has 2 saturated heterocycles. The Morgan fingerprint density at radius 3 is 2.40 bits per heavy atom. The fourth-order valence-corrected chi connectivity index (χ4v) is 4.81. The number of likely N-dealkylation sites (tertiary alicyclic amines) is 1. The highest BCUT2D eigenvalue weighted by Gasteiger charge is 2.23. The SMILES string of the molecule is Cc1cc(-c2ccc(N3CCNCC3)cc2)sc1C(=O)N1CCCC1. The van der Waals surface area contributed by atoms with Crippen molar-refractivity contribution in [1.82, 2.24) is 10.2 Å². The Kier molecular flexibility index (Phi) is 4.77. The fraction of sp³-hybridized carbons (Fsp3) is 0.450. The van der Waals surface area contributed by atoms with Gasteiger partial charge in [0.2, 0.25) is 0 Å². The lowest BCUT2D eigenvalue weighted by molar-refractivity contribution is 0.0797. The first-order valence-corrected chi connectivity index (χ1v) is 10.00. The average Bonchev–Trinajstić information content (AvgIpc) is 3.32. The average molecular weight is 356 g/mol. The Morgan fingerprint density at radius 2 is 1.72 bits per heavy atom. The Balaban J connectivity index is 1.53. The highest BCUT2D eigenvalue weighted by molar-refractivity contribution is 7.17. The molecule has 3 heterocycles. The minimum Gasteiger partial charge on any atom is -0.369 e. The van der Waals surface area contributed by atoms with Crippen molar-refractivity contribution in [3.63, 3.8) is 0 Å². The van der Waals surface area contributed by atoms with Crippen LogP contribution >= 0.6 is 11.3 Å². The van der Waals surface area contributed by atoms with Crippen molar-refractivity contribution >= 4 is 22.9 Å². The predicted molar refractivity (Wildman–Crippen MR) is 105 cm³/mol. The first-order chi connectivity index (χ1) is 12.2. The number of hydrogen-bond acceptors (Lipinski definition) is 4. The summed E-state index contributed by atoms with van der Waals surface area (Å²) in [5.41, 5.74) is 3.59. The molecule has 4 nitrogen and oxygen atoms in total. The number of nitrogens with one attached hydrogen (secondary N) is 1. The van der Waals surface area contributed by atoms with E-state index >= 15 is 0 Å². The highest BCUT2D eigenvalue weighted by Crippen LogP contribution is 2.33. The van der Waals surface area contributed by atoms with Gasteiger partial charge in [-0.15, -0.1) is 11.3 Å². The van der Waals surface area contributed by atoms with Gasteiger partial charge in [0.1, 0.15) is 0 Å². The van der Waals surface area contributed by atoms with Gasteiger partial charge < -0.3 is 15.1 Å². The van der Waals surface area contributed by atoms with Gasteiger partial charge >= 0.3 is 0 Å². The van der Waals surface area contributed by atoms with E-state index in [2.05, 4.69) is 47.5 Å². The van der Waals surface area contributed by atoms with Crippen LogP contribution in [0.5, 0.6) is 0 Å². The second-order valence-electron chi connectivity index (χ2n) is 6.91. The molecule has 0 radical (unpaired) electrons. The van der Waals surface area contributed by atoms with Crippen molar-refractivity contribution in [3.05, 3.63) is 40.8 Å². The molecule has 1 aromatic heterocycles. The van der Waals surface area contributed by atoms with Gasteiger partial charge in [0.15, 0.2) is 0 Å². The van der Waals surface area contributed by atoms with Crippen LogP contribution in [0, 0.1) is 6.92 Å². The molecular weight excluding hydrogens is 330 g/mol. The van der Waals surface area contributed by atoms with E-state index in [0.717, 1.165) is 62.6 Å². The number of carbonyl (C=O) groups is 1. The Bertz CT molecular complexity index is 741. The van der Waals surface area contributed by atoms with Crippen LogP contribution in [-0.2, 0) is 0 Å². The molecule has 1 aromatic carbocycles. The summed E-state index contributed by atoms with van der Waals surface area (Å²) in [5.74, 6) is 0.212. The number of rotatable bonds is 3. The standard InChI is InChI=1S/C20H25N3OS/c1-15-14-18(25-19(15)20(24)23-10-2-3-11-23)16-4-6-17(7-5-16)22-12-8-21-9-13-22/h4-7,14,21H,2-3,8-13H2,1H3. The minimum absolute atomic E-state index is 0.212. The Morgan fingerprint density at radius 1 is 1.04 bits per heavy atom. The third-order valence-electron chi connectivity index (χ3n) is 5.14. The summed E-state index contributed by atoms with van der Waals surface area (Å²) in [4.78, 5) is 19.2. The summed E-state index contributed by atoms with van der Waals surface area (Å²) >= 11 is 1.63. The van der Waals surface area contributed by atoms with Gasteiger partial charge in [0.25, 0.3) is 5.91 Å². The van der Waals surface area contributed by atoms with Gasteiger partial charge in [0.05, 0.1) is 4.88 Å². The molecule has 1 N–H and O–H groups in total. The Labute approximate surface area is 153 Å². The quantitative estimate of drug-likeness (QED) is 0.917. The van der Waals surface area contributed by atoms with Gasteiger partial charge in [-0.25, -0.2) is 0 Å². The van der Waals surface area contributed by atoms with E-state index in [0.29, 0.717) is 0 Å². The van der Waals surface area contributed by atoms with Gasteiger partial charge in [-0.05, 0) is 49.1 Å². The van der Waals surface area contributed by atoms with Crippen molar-refractivity contribution in [2.24, 2.45) is 0 Å². The van der Waals surface area contributed by atoms with E-state index in [9.17, 15) is 4.79 Å². The number of nitrogens with zero attached hydrogens (tertiary/aromatic N) is 2. The maximum Gasteiger partial charge on any atom is 0.264 e. The zero-order chi connectivity index (χ0) is 17.2. The minimum atomic E-state index is 0.212. The lowest BCUT2D eigenvalue weighted by atomic mass is 10.1. The van der Waals surface area contributed by atoms with Crippen LogP contribution in [0.1, 0.15) is 28.1 Å². The van der Waals surface area contributed by atoms with Gasteiger partial charge in [-0.1, -0.05) is 12.1 Å². The van der Waals surface area contributed by atoms with Crippen LogP contribution in [-0.4, -0.2) is 50.1 Å². The second kappa shape index (κ2) is 7.18. The number of piperazine rings is 1. The van der Waals surface area contributed by atoms with Crippen LogP contribution < -0.4 is 10.2 Å². The third-order valence-corrected chi connectivity index (χ3v) is 6.41. The van der Waals surface area contributed by atoms with Crippen LogP contribution in [0.3, 0.4) is 0 Å². The van der Waals surface area contributed by atoms with Crippen LogP contribution in [0.2, 0.25) is 0 Å². The van der Waals surface area contributed by atoms with E-state index < -0.39 is 0 Å². The van der Waals surface area contributed by atoms with E-state index in [-0.39, 0.29) is 5.91 Å². The first-order valence-electron chi connectivity index (χ1n) is 9.18. The van der Waals surface area contributed by atoms with Crippen molar-refractivity contribution in [1.29, 1.82) is 0 Å². The number of thiophene rings is 1. The first kappa shape index (κ1) is 16.6. The van der Waals surface area contributed by atoms with Crippen molar-refractivity contribution < 1.29 is 4.79 Å². The van der Waals surface area contributed by atoms with Crippen LogP contribution in [0.4, 0.5) is 5.69 Å². The molecule has 0 bridgehead atoms. The van der Waals surface area contributed by atoms with E-state index in [1.54, 1.807) is 11.3 Å². The van der Waals surface area contributed by atoms with Crippen molar-refractivity contribution in [2.75, 3.05) is 44.2 Å². The molecule has 0 aliphatic carbocycles.